The van der Waals surface area contributed by atoms with E-state index in [1.54, 1.807) is 12.1 Å². The largest absolute Gasteiger partial charge is 0.381 e. The Morgan fingerprint density at radius 1 is 1.31 bits per heavy atom. The molecular weight excluding hydrogens is 337 g/mol. The number of hydrogen-bond acceptors (Lipinski definition) is 5. The minimum absolute atomic E-state index is 0.209. The molecule has 0 spiro atoms. The fraction of sp³-hybridized carbons (Fsp3) is 0.333. The highest BCUT2D eigenvalue weighted by Crippen LogP contribution is 2.23. The van der Waals surface area contributed by atoms with Gasteiger partial charge in [-0.2, -0.15) is 5.10 Å². The number of amides is 1. The number of carbonyl (C=O) groups is 1. The number of nitrogens with one attached hydrogen (secondary N) is 2. The second-order valence-electron chi connectivity index (χ2n) is 6.20. The molecule has 4 rings (SSSR count). The summed E-state index contributed by atoms with van der Waals surface area (Å²) >= 11 is 0. The van der Waals surface area contributed by atoms with Gasteiger partial charge in [0.25, 0.3) is 5.91 Å². The summed E-state index contributed by atoms with van der Waals surface area (Å²) in [5.41, 5.74) is 0.664. The molecule has 7 nitrogen and oxygen atoms in total. The van der Waals surface area contributed by atoms with Crippen molar-refractivity contribution in [3.05, 3.63) is 53.5 Å². The Morgan fingerprint density at radius 3 is 3.00 bits per heavy atom. The van der Waals surface area contributed by atoms with E-state index < -0.39 is 5.82 Å². The first-order chi connectivity index (χ1) is 12.7. The molecule has 0 atom stereocenters. The number of halogens is 1. The predicted octanol–water partition coefficient (Wildman–Crippen LogP) is 2.32. The second kappa shape index (κ2) is 7.17. The fourth-order valence-corrected chi connectivity index (χ4v) is 3.11. The number of benzene rings is 1. The lowest BCUT2D eigenvalue weighted by Gasteiger charge is -2.18. The van der Waals surface area contributed by atoms with Crippen molar-refractivity contribution in [3.8, 4) is 0 Å². The number of carbonyl (C=O) groups excluding carboxylic acids is 1. The molecule has 2 N–H and O–H groups in total. The van der Waals surface area contributed by atoms with Crippen LogP contribution in [0.3, 0.4) is 0 Å². The first-order valence-corrected chi connectivity index (χ1v) is 8.52. The highest BCUT2D eigenvalue weighted by atomic mass is 19.1. The predicted molar refractivity (Wildman–Crippen MR) is 92.0 cm³/mol. The van der Waals surface area contributed by atoms with Gasteiger partial charge in [-0.05, 0) is 37.1 Å². The number of fused-ring (bicyclic) bond motifs is 1. The van der Waals surface area contributed by atoms with Gasteiger partial charge in [-0.15, -0.1) is 0 Å². The molecule has 134 valence electrons. The number of ether oxygens (including phenoxy) is 1. The van der Waals surface area contributed by atoms with E-state index in [4.69, 9.17) is 4.74 Å². The van der Waals surface area contributed by atoms with Crippen LogP contribution in [0.5, 0.6) is 0 Å². The number of H-pyrrole nitrogens is 1. The van der Waals surface area contributed by atoms with Crippen LogP contribution in [-0.2, 0) is 11.3 Å². The van der Waals surface area contributed by atoms with Gasteiger partial charge in [0.1, 0.15) is 11.6 Å². The lowest BCUT2D eigenvalue weighted by atomic mass is 10.00. The first kappa shape index (κ1) is 16.6. The van der Waals surface area contributed by atoms with Gasteiger partial charge in [-0.1, -0.05) is 0 Å². The van der Waals surface area contributed by atoms with Gasteiger partial charge >= 0.3 is 0 Å². The number of aromatic amines is 1. The van der Waals surface area contributed by atoms with E-state index in [1.807, 2.05) is 0 Å². The average Bonchev–Trinajstić information content (AvgIpc) is 3.16. The van der Waals surface area contributed by atoms with E-state index in [0.717, 1.165) is 31.9 Å². The summed E-state index contributed by atoms with van der Waals surface area (Å²) in [6.07, 6.45) is 3.34. The molecule has 0 bridgehead atoms. The fourth-order valence-electron chi connectivity index (χ4n) is 3.11. The molecule has 0 radical (unpaired) electrons. The maximum Gasteiger partial charge on any atom is 0.253 e. The number of aromatic nitrogens is 4. The Kier molecular flexibility index (Phi) is 4.57. The second-order valence-corrected chi connectivity index (χ2v) is 6.20. The number of hydrogen-bond donors (Lipinski definition) is 2. The average molecular weight is 355 g/mol. The zero-order valence-electron chi connectivity index (χ0n) is 14.0. The molecule has 0 saturated carbocycles. The highest BCUT2D eigenvalue weighted by Gasteiger charge is 2.20. The minimum atomic E-state index is -0.402. The summed E-state index contributed by atoms with van der Waals surface area (Å²) in [5, 5.41) is 10.2. The lowest BCUT2D eigenvalue weighted by molar-refractivity contribution is 0.0836. The van der Waals surface area contributed by atoms with Crippen LogP contribution in [0, 0.1) is 5.82 Å². The van der Waals surface area contributed by atoms with Crippen molar-refractivity contribution in [2.75, 3.05) is 13.2 Å². The Labute approximate surface area is 149 Å². The lowest BCUT2D eigenvalue weighted by Crippen LogP contribution is -2.24. The van der Waals surface area contributed by atoms with Crippen molar-refractivity contribution in [2.24, 2.45) is 0 Å². The summed E-state index contributed by atoms with van der Waals surface area (Å²) in [6, 6.07) is 5.95. The number of rotatable bonds is 4. The summed E-state index contributed by atoms with van der Waals surface area (Å²) in [5.74, 6) is 0.888. The van der Waals surface area contributed by atoms with Gasteiger partial charge < -0.3 is 10.1 Å². The quantitative estimate of drug-likeness (QED) is 0.749. The van der Waals surface area contributed by atoms with Crippen molar-refractivity contribution < 1.29 is 13.9 Å². The molecule has 26 heavy (non-hydrogen) atoms. The van der Waals surface area contributed by atoms with Crippen molar-refractivity contribution in [1.29, 1.82) is 0 Å². The van der Waals surface area contributed by atoms with E-state index in [1.165, 1.54) is 18.3 Å². The van der Waals surface area contributed by atoms with Crippen LogP contribution in [0.2, 0.25) is 0 Å². The first-order valence-electron chi connectivity index (χ1n) is 8.52. The zero-order valence-corrected chi connectivity index (χ0v) is 14.0. The van der Waals surface area contributed by atoms with Crippen LogP contribution in [0.1, 0.15) is 40.8 Å². The molecule has 1 fully saturated rings. The van der Waals surface area contributed by atoms with E-state index in [2.05, 4.69) is 25.5 Å². The van der Waals surface area contributed by atoms with Gasteiger partial charge in [0.2, 0.25) is 0 Å². The molecule has 8 heteroatoms. The molecule has 1 amide bonds. The smallest absolute Gasteiger partial charge is 0.253 e. The van der Waals surface area contributed by atoms with Crippen molar-refractivity contribution in [3.63, 3.8) is 0 Å². The SMILES string of the molecule is O=C(NCc1nc(C2CCOCC2)n[nH]1)c1ccc(F)c2cccnc12. The third-order valence-corrected chi connectivity index (χ3v) is 4.51. The van der Waals surface area contributed by atoms with Crippen LogP contribution >= 0.6 is 0 Å². The van der Waals surface area contributed by atoms with E-state index in [-0.39, 0.29) is 18.4 Å². The normalized spacial score (nSPS) is 15.3. The van der Waals surface area contributed by atoms with E-state index >= 15 is 0 Å². The third kappa shape index (κ3) is 3.28. The van der Waals surface area contributed by atoms with Gasteiger partial charge in [-0.25, -0.2) is 9.37 Å². The van der Waals surface area contributed by atoms with Gasteiger partial charge in [0, 0.05) is 30.7 Å². The van der Waals surface area contributed by atoms with Crippen molar-refractivity contribution in [2.45, 2.75) is 25.3 Å². The maximum absolute atomic E-state index is 13.9. The third-order valence-electron chi connectivity index (χ3n) is 4.51. The highest BCUT2D eigenvalue weighted by molar-refractivity contribution is 6.05. The Bertz CT molecular complexity index is 936. The van der Waals surface area contributed by atoms with Crippen molar-refractivity contribution >= 4 is 16.8 Å². The molecule has 0 aliphatic carbocycles. The molecule has 1 aliphatic rings. The van der Waals surface area contributed by atoms with Gasteiger partial charge in [0.05, 0.1) is 17.6 Å². The van der Waals surface area contributed by atoms with Crippen LogP contribution in [0.15, 0.2) is 30.5 Å². The van der Waals surface area contributed by atoms with Crippen LogP contribution in [0.4, 0.5) is 4.39 Å². The topological polar surface area (TPSA) is 92.8 Å². The van der Waals surface area contributed by atoms with Gasteiger partial charge in [0.15, 0.2) is 5.82 Å². The standard InChI is InChI=1S/C18H18FN5O2/c19-14-4-3-13(16-12(14)2-1-7-20-16)18(25)21-10-15-22-17(24-23-15)11-5-8-26-9-6-11/h1-4,7,11H,5-6,8-10H2,(H,21,25)(H,22,23,24). The Morgan fingerprint density at radius 2 is 2.15 bits per heavy atom. The summed E-state index contributed by atoms with van der Waals surface area (Å²) in [6.45, 7) is 1.65. The molecule has 1 saturated heterocycles. The summed E-state index contributed by atoms with van der Waals surface area (Å²) in [7, 11) is 0. The van der Waals surface area contributed by atoms with Crippen LogP contribution in [-0.4, -0.2) is 39.3 Å². The molecule has 0 unspecified atom stereocenters. The molecule has 3 heterocycles. The monoisotopic (exact) mass is 355 g/mol. The summed E-state index contributed by atoms with van der Waals surface area (Å²) in [4.78, 5) is 21.1. The minimum Gasteiger partial charge on any atom is -0.381 e. The molecular formula is C18H18FN5O2. The van der Waals surface area contributed by atoms with Crippen LogP contribution in [0.25, 0.3) is 10.9 Å². The number of nitrogens with zero attached hydrogens (tertiary/aromatic N) is 3. The van der Waals surface area contributed by atoms with Crippen LogP contribution < -0.4 is 5.32 Å². The summed E-state index contributed by atoms with van der Waals surface area (Å²) < 4.78 is 19.2. The molecule has 1 aromatic carbocycles. The zero-order chi connectivity index (χ0) is 17.9. The molecule has 2 aromatic heterocycles. The van der Waals surface area contributed by atoms with E-state index in [9.17, 15) is 9.18 Å². The molecule has 3 aromatic rings. The molecule has 1 aliphatic heterocycles. The van der Waals surface area contributed by atoms with Gasteiger partial charge in [-0.3, -0.25) is 14.9 Å². The van der Waals surface area contributed by atoms with E-state index in [0.29, 0.717) is 22.3 Å². The number of pyridine rings is 1. The Balaban J connectivity index is 1.46. The van der Waals surface area contributed by atoms with Crippen molar-refractivity contribution in [1.82, 2.24) is 25.5 Å². The maximum atomic E-state index is 13.9. The Hall–Kier alpha value is -2.87.